The third-order valence-corrected chi connectivity index (χ3v) is 4.40. The van der Waals surface area contributed by atoms with Gasteiger partial charge in [-0.1, -0.05) is 18.2 Å². The Labute approximate surface area is 124 Å². The molecule has 0 saturated carbocycles. The molecule has 0 aliphatic heterocycles. The first-order valence-electron chi connectivity index (χ1n) is 6.27. The number of aryl methyl sites for hydroxylation is 1. The lowest BCUT2D eigenvalue weighted by Crippen LogP contribution is -2.14. The predicted molar refractivity (Wildman–Crippen MR) is 82.2 cm³/mol. The minimum Gasteiger partial charge on any atom is -0.399 e. The first-order valence-corrected chi connectivity index (χ1v) is 7.75. The van der Waals surface area contributed by atoms with Gasteiger partial charge in [0.25, 0.3) is 10.0 Å². The van der Waals surface area contributed by atoms with E-state index in [9.17, 15) is 8.42 Å². The van der Waals surface area contributed by atoms with Crippen molar-refractivity contribution in [3.8, 4) is 6.07 Å². The van der Waals surface area contributed by atoms with Gasteiger partial charge in [-0.05, 0) is 42.3 Å². The summed E-state index contributed by atoms with van der Waals surface area (Å²) in [5, 5.41) is 8.61. The molecule has 3 N–H and O–H groups in total. The molecule has 2 aromatic rings. The number of anilines is 2. The van der Waals surface area contributed by atoms with Crippen molar-refractivity contribution in [2.75, 3.05) is 10.5 Å². The Morgan fingerprint density at radius 2 is 1.86 bits per heavy atom. The van der Waals surface area contributed by atoms with Crippen LogP contribution in [0.15, 0.2) is 47.4 Å². The number of benzene rings is 2. The molecule has 2 rings (SSSR count). The van der Waals surface area contributed by atoms with Gasteiger partial charge in [-0.3, -0.25) is 4.72 Å². The van der Waals surface area contributed by atoms with Gasteiger partial charge in [-0.25, -0.2) is 8.42 Å². The highest BCUT2D eigenvalue weighted by Gasteiger charge is 2.15. The molecule has 0 aromatic heterocycles. The van der Waals surface area contributed by atoms with E-state index < -0.39 is 10.0 Å². The molecule has 108 valence electrons. The fourth-order valence-electron chi connectivity index (χ4n) is 1.83. The highest BCUT2D eigenvalue weighted by Crippen LogP contribution is 2.22. The second-order valence-corrected chi connectivity index (χ2v) is 6.34. The maximum atomic E-state index is 12.3. The SMILES string of the molecule is Cc1ccc(N)cc1NS(=O)(=O)c1ccc(CC#N)cc1. The molecule has 0 bridgehead atoms. The summed E-state index contributed by atoms with van der Waals surface area (Å²) in [6.07, 6.45) is 0.252. The molecule has 5 nitrogen and oxygen atoms in total. The van der Waals surface area contributed by atoms with E-state index in [1.165, 1.54) is 12.1 Å². The third-order valence-electron chi connectivity index (χ3n) is 3.02. The molecule has 0 radical (unpaired) electrons. The fourth-order valence-corrected chi connectivity index (χ4v) is 2.95. The van der Waals surface area contributed by atoms with Crippen molar-refractivity contribution < 1.29 is 8.42 Å². The smallest absolute Gasteiger partial charge is 0.261 e. The molecule has 0 saturated heterocycles. The molecular weight excluding hydrogens is 286 g/mol. The summed E-state index contributed by atoms with van der Waals surface area (Å²) >= 11 is 0. The normalized spacial score (nSPS) is 10.9. The molecule has 0 spiro atoms. The van der Waals surface area contributed by atoms with Crippen LogP contribution in [0.5, 0.6) is 0 Å². The lowest BCUT2D eigenvalue weighted by Gasteiger charge is -2.11. The summed E-state index contributed by atoms with van der Waals surface area (Å²) in [7, 11) is -3.67. The van der Waals surface area contributed by atoms with Crippen LogP contribution in [0.4, 0.5) is 11.4 Å². The standard InChI is InChI=1S/C15H15N3O2S/c1-11-2-5-13(17)10-15(11)18-21(19,20)14-6-3-12(4-7-14)8-9-16/h2-7,10,18H,8,17H2,1H3. The first kappa shape index (κ1) is 14.9. The number of rotatable bonds is 4. The van der Waals surface area contributed by atoms with Gasteiger partial charge in [0.1, 0.15) is 0 Å². The molecule has 0 heterocycles. The van der Waals surface area contributed by atoms with Gasteiger partial charge in [-0.15, -0.1) is 0 Å². The summed E-state index contributed by atoms with van der Waals surface area (Å²) in [5.41, 5.74) is 8.18. The average molecular weight is 301 g/mol. The van der Waals surface area contributed by atoms with Crippen LogP contribution in [0.2, 0.25) is 0 Å². The van der Waals surface area contributed by atoms with E-state index in [1.54, 1.807) is 37.3 Å². The molecule has 0 aliphatic carbocycles. The Morgan fingerprint density at radius 1 is 1.19 bits per heavy atom. The van der Waals surface area contributed by atoms with Crippen LogP contribution in [-0.2, 0) is 16.4 Å². The number of hydrogen-bond acceptors (Lipinski definition) is 4. The van der Waals surface area contributed by atoms with E-state index in [1.807, 2.05) is 6.07 Å². The number of nitrogens with zero attached hydrogens (tertiary/aromatic N) is 1. The summed E-state index contributed by atoms with van der Waals surface area (Å²) < 4.78 is 27.2. The van der Waals surface area contributed by atoms with E-state index in [0.717, 1.165) is 11.1 Å². The number of nitrogens with two attached hydrogens (primary N) is 1. The lowest BCUT2D eigenvalue weighted by molar-refractivity contribution is 0.601. The lowest BCUT2D eigenvalue weighted by atomic mass is 10.2. The monoisotopic (exact) mass is 301 g/mol. The fraction of sp³-hybridized carbons (Fsp3) is 0.133. The zero-order valence-corrected chi connectivity index (χ0v) is 12.3. The highest BCUT2D eigenvalue weighted by molar-refractivity contribution is 7.92. The second-order valence-electron chi connectivity index (χ2n) is 4.66. The zero-order valence-electron chi connectivity index (χ0n) is 11.5. The summed E-state index contributed by atoms with van der Waals surface area (Å²) in [5.74, 6) is 0. The Kier molecular flexibility index (Phi) is 4.15. The van der Waals surface area contributed by atoms with Crippen LogP contribution in [0, 0.1) is 18.3 Å². The van der Waals surface area contributed by atoms with E-state index in [0.29, 0.717) is 11.4 Å². The van der Waals surface area contributed by atoms with Gasteiger partial charge < -0.3 is 5.73 Å². The number of sulfonamides is 1. The maximum absolute atomic E-state index is 12.3. The Hall–Kier alpha value is -2.52. The van der Waals surface area contributed by atoms with E-state index in [4.69, 9.17) is 11.0 Å². The van der Waals surface area contributed by atoms with Crippen LogP contribution in [0.1, 0.15) is 11.1 Å². The molecule has 6 heteroatoms. The topological polar surface area (TPSA) is 96.0 Å². The molecule has 21 heavy (non-hydrogen) atoms. The quantitative estimate of drug-likeness (QED) is 0.848. The first-order chi connectivity index (χ1) is 9.92. The Balaban J connectivity index is 2.30. The minimum atomic E-state index is -3.67. The van der Waals surface area contributed by atoms with Crippen molar-refractivity contribution in [3.05, 3.63) is 53.6 Å². The van der Waals surface area contributed by atoms with Crippen LogP contribution >= 0.6 is 0 Å². The highest BCUT2D eigenvalue weighted by atomic mass is 32.2. The van der Waals surface area contributed by atoms with Crippen molar-refractivity contribution in [2.45, 2.75) is 18.2 Å². The molecule has 0 unspecified atom stereocenters. The number of nitrogen functional groups attached to an aromatic ring is 1. The van der Waals surface area contributed by atoms with Gasteiger partial charge in [0, 0.05) is 5.69 Å². The maximum Gasteiger partial charge on any atom is 0.261 e. The van der Waals surface area contributed by atoms with Gasteiger partial charge >= 0.3 is 0 Å². The zero-order chi connectivity index (χ0) is 15.5. The van der Waals surface area contributed by atoms with Crippen molar-refractivity contribution in [2.24, 2.45) is 0 Å². The van der Waals surface area contributed by atoms with Crippen LogP contribution < -0.4 is 10.5 Å². The Morgan fingerprint density at radius 3 is 2.48 bits per heavy atom. The van der Waals surface area contributed by atoms with Crippen molar-refractivity contribution in [1.29, 1.82) is 5.26 Å². The average Bonchev–Trinajstić information content (AvgIpc) is 2.44. The van der Waals surface area contributed by atoms with Gasteiger partial charge in [0.15, 0.2) is 0 Å². The predicted octanol–water partition coefficient (Wildman–Crippen LogP) is 2.44. The molecular formula is C15H15N3O2S. The van der Waals surface area contributed by atoms with E-state index >= 15 is 0 Å². The molecule has 0 aliphatic rings. The van der Waals surface area contributed by atoms with Crippen molar-refractivity contribution in [3.63, 3.8) is 0 Å². The van der Waals surface area contributed by atoms with Crippen LogP contribution in [0.3, 0.4) is 0 Å². The Bertz CT molecular complexity index is 791. The van der Waals surface area contributed by atoms with Crippen LogP contribution in [0.25, 0.3) is 0 Å². The van der Waals surface area contributed by atoms with E-state index in [2.05, 4.69) is 4.72 Å². The van der Waals surface area contributed by atoms with Gasteiger partial charge in [0.2, 0.25) is 0 Å². The molecule has 2 aromatic carbocycles. The summed E-state index contributed by atoms with van der Waals surface area (Å²) in [6.45, 7) is 1.80. The minimum absolute atomic E-state index is 0.144. The van der Waals surface area contributed by atoms with E-state index in [-0.39, 0.29) is 11.3 Å². The number of nitrogens with one attached hydrogen (secondary N) is 1. The van der Waals surface area contributed by atoms with Gasteiger partial charge in [0.05, 0.1) is 23.1 Å². The van der Waals surface area contributed by atoms with Crippen molar-refractivity contribution >= 4 is 21.4 Å². The largest absolute Gasteiger partial charge is 0.399 e. The second kappa shape index (κ2) is 5.85. The van der Waals surface area contributed by atoms with Crippen molar-refractivity contribution in [1.82, 2.24) is 0 Å². The summed E-state index contributed by atoms with van der Waals surface area (Å²) in [4.78, 5) is 0.144. The third kappa shape index (κ3) is 3.52. The van der Waals surface area contributed by atoms with Crippen LogP contribution in [-0.4, -0.2) is 8.42 Å². The summed E-state index contributed by atoms with van der Waals surface area (Å²) in [6, 6.07) is 13.3. The number of nitriles is 1. The molecule has 0 atom stereocenters. The molecule has 0 fully saturated rings. The molecule has 0 amide bonds. The number of hydrogen-bond donors (Lipinski definition) is 2. The van der Waals surface area contributed by atoms with Gasteiger partial charge in [-0.2, -0.15) is 5.26 Å².